The average molecular weight is 507 g/mol. The predicted octanol–water partition coefficient (Wildman–Crippen LogP) is 3.64. The molecule has 2 aromatic carbocycles. The number of hydrogen-bond donors (Lipinski definition) is 2. The summed E-state index contributed by atoms with van der Waals surface area (Å²) < 4.78 is 45.0. The molecule has 13 heteroatoms. The molecule has 0 bridgehead atoms. The number of nitrogens with zero attached hydrogens (tertiary/aromatic N) is 3. The summed E-state index contributed by atoms with van der Waals surface area (Å²) in [6, 6.07) is 4.37. The molecule has 0 aliphatic heterocycles. The monoisotopic (exact) mass is 506 g/mol. The number of aromatic nitrogens is 4. The maximum Gasteiger partial charge on any atom is 0.339 e. The van der Waals surface area contributed by atoms with E-state index in [-0.39, 0.29) is 50.4 Å². The van der Waals surface area contributed by atoms with Crippen LogP contribution in [0.25, 0.3) is 16.9 Å². The number of ether oxygens (including phenoxy) is 3. The molecule has 35 heavy (non-hydrogen) atoms. The Morgan fingerprint density at radius 1 is 1.17 bits per heavy atom. The Labute approximate surface area is 200 Å². The normalized spacial score (nSPS) is 11.0. The van der Waals surface area contributed by atoms with Crippen LogP contribution in [0.15, 0.2) is 29.1 Å². The zero-order chi connectivity index (χ0) is 25.4. The molecule has 0 amide bonds. The maximum atomic E-state index is 14.4. The summed E-state index contributed by atoms with van der Waals surface area (Å²) in [5, 5.41) is 9.52. The summed E-state index contributed by atoms with van der Waals surface area (Å²) >= 11 is 6.34. The number of imidazole rings is 1. The Balaban J connectivity index is 1.87. The molecule has 10 nitrogen and oxygen atoms in total. The SMILES string of the molecule is COc1ccc(F)c(F)c1COc1cc(-n2c(=O)[nH]c3c(OC)nc(C)nc32)c(Cl)cc1C(=O)O. The van der Waals surface area contributed by atoms with E-state index in [0.29, 0.717) is 5.82 Å². The number of H-pyrrole nitrogens is 1. The van der Waals surface area contributed by atoms with Gasteiger partial charge in [0.15, 0.2) is 17.3 Å². The number of fused-ring (bicyclic) bond motifs is 1. The smallest absolute Gasteiger partial charge is 0.339 e. The highest BCUT2D eigenvalue weighted by Gasteiger charge is 2.23. The van der Waals surface area contributed by atoms with Crippen LogP contribution in [0.2, 0.25) is 5.02 Å². The van der Waals surface area contributed by atoms with Gasteiger partial charge in [-0.3, -0.25) is 4.98 Å². The Morgan fingerprint density at radius 2 is 1.91 bits per heavy atom. The molecule has 0 spiro atoms. The first kappa shape index (κ1) is 24.0. The van der Waals surface area contributed by atoms with Gasteiger partial charge in [0.05, 0.1) is 30.5 Å². The Kier molecular flexibility index (Phi) is 6.31. The lowest BCUT2D eigenvalue weighted by Crippen LogP contribution is -2.16. The van der Waals surface area contributed by atoms with Crippen molar-refractivity contribution in [1.82, 2.24) is 19.5 Å². The first-order valence-corrected chi connectivity index (χ1v) is 10.3. The Hall–Kier alpha value is -4.19. The van der Waals surface area contributed by atoms with E-state index < -0.39 is 29.9 Å². The number of carboxylic acids is 1. The van der Waals surface area contributed by atoms with Gasteiger partial charge in [0, 0.05) is 6.07 Å². The van der Waals surface area contributed by atoms with Crippen LogP contribution in [0.4, 0.5) is 8.78 Å². The highest BCUT2D eigenvalue weighted by molar-refractivity contribution is 6.33. The van der Waals surface area contributed by atoms with Crippen molar-refractivity contribution in [3.63, 3.8) is 0 Å². The third-order valence-electron chi connectivity index (χ3n) is 5.07. The third-order valence-corrected chi connectivity index (χ3v) is 5.38. The van der Waals surface area contributed by atoms with Gasteiger partial charge in [0.2, 0.25) is 5.88 Å². The molecule has 0 radical (unpaired) electrons. The van der Waals surface area contributed by atoms with E-state index in [1.165, 1.54) is 26.4 Å². The minimum Gasteiger partial charge on any atom is -0.496 e. The van der Waals surface area contributed by atoms with Crippen LogP contribution >= 0.6 is 11.6 Å². The van der Waals surface area contributed by atoms with E-state index in [1.54, 1.807) is 6.92 Å². The highest BCUT2D eigenvalue weighted by atomic mass is 35.5. The molecule has 0 fully saturated rings. The number of halogens is 3. The van der Waals surface area contributed by atoms with Gasteiger partial charge in [0.25, 0.3) is 0 Å². The fourth-order valence-electron chi connectivity index (χ4n) is 3.49. The van der Waals surface area contributed by atoms with Gasteiger partial charge in [-0.1, -0.05) is 11.6 Å². The number of carbonyl (C=O) groups is 1. The van der Waals surface area contributed by atoms with Crippen LogP contribution in [0.3, 0.4) is 0 Å². The first-order valence-electron chi connectivity index (χ1n) is 9.90. The molecule has 2 heterocycles. The second kappa shape index (κ2) is 9.22. The zero-order valence-corrected chi connectivity index (χ0v) is 19.2. The van der Waals surface area contributed by atoms with E-state index in [1.807, 2.05) is 0 Å². The molecule has 2 aromatic heterocycles. The molecule has 0 saturated heterocycles. The zero-order valence-electron chi connectivity index (χ0n) is 18.5. The molecule has 182 valence electrons. The number of aromatic amines is 1. The van der Waals surface area contributed by atoms with Gasteiger partial charge >= 0.3 is 11.7 Å². The number of carboxylic acid groups (broad SMARTS) is 1. The fourth-order valence-corrected chi connectivity index (χ4v) is 3.73. The molecule has 0 unspecified atom stereocenters. The summed E-state index contributed by atoms with van der Waals surface area (Å²) in [7, 11) is 2.64. The topological polar surface area (TPSA) is 129 Å². The van der Waals surface area contributed by atoms with Gasteiger partial charge in [-0.15, -0.1) is 0 Å². The van der Waals surface area contributed by atoms with Gasteiger partial charge < -0.3 is 19.3 Å². The lowest BCUT2D eigenvalue weighted by molar-refractivity contribution is 0.0691. The number of hydrogen-bond acceptors (Lipinski definition) is 7. The minimum atomic E-state index is -1.40. The molecule has 4 rings (SSSR count). The van der Waals surface area contributed by atoms with E-state index >= 15 is 0 Å². The molecule has 4 aromatic rings. The van der Waals surface area contributed by atoms with Crippen molar-refractivity contribution in [3.05, 3.63) is 68.4 Å². The maximum absolute atomic E-state index is 14.4. The Morgan fingerprint density at radius 3 is 2.57 bits per heavy atom. The van der Waals surface area contributed by atoms with Crippen molar-refractivity contribution in [2.75, 3.05) is 14.2 Å². The number of methoxy groups -OCH3 is 2. The lowest BCUT2D eigenvalue weighted by Gasteiger charge is -2.15. The highest BCUT2D eigenvalue weighted by Crippen LogP contribution is 2.33. The van der Waals surface area contributed by atoms with E-state index in [4.69, 9.17) is 25.8 Å². The second-order valence-corrected chi connectivity index (χ2v) is 7.59. The standard InChI is InChI=1S/C22H17ClF2N4O6/c1-9-26-19-18(20(27-9)34-3)28-22(32)29(19)14-7-16(10(21(30)31)6-12(14)23)35-8-11-15(33-2)5-4-13(24)17(11)25/h4-7H,8H2,1-3H3,(H,28,32)(H,30,31). The van der Waals surface area contributed by atoms with Crippen molar-refractivity contribution in [1.29, 1.82) is 0 Å². The molecule has 2 N–H and O–H groups in total. The number of aryl methyl sites for hydroxylation is 1. The van der Waals surface area contributed by atoms with E-state index in [0.717, 1.165) is 16.7 Å². The quantitative estimate of drug-likeness (QED) is 0.389. The van der Waals surface area contributed by atoms with Crippen molar-refractivity contribution < 1.29 is 32.9 Å². The van der Waals surface area contributed by atoms with Crippen LogP contribution in [0.5, 0.6) is 17.4 Å². The average Bonchev–Trinajstić information content (AvgIpc) is 3.15. The van der Waals surface area contributed by atoms with Gasteiger partial charge in [-0.25, -0.2) is 27.9 Å². The van der Waals surface area contributed by atoms with Crippen molar-refractivity contribution >= 4 is 28.7 Å². The Bertz CT molecular complexity index is 1540. The molecule has 0 aliphatic rings. The van der Waals surface area contributed by atoms with Crippen molar-refractivity contribution in [3.8, 4) is 23.1 Å². The summed E-state index contributed by atoms with van der Waals surface area (Å²) in [4.78, 5) is 35.6. The first-order chi connectivity index (χ1) is 16.7. The lowest BCUT2D eigenvalue weighted by atomic mass is 10.1. The molecular weight excluding hydrogens is 490 g/mol. The predicted molar refractivity (Wildman–Crippen MR) is 120 cm³/mol. The number of aromatic carboxylic acids is 1. The molecule has 0 saturated carbocycles. The van der Waals surface area contributed by atoms with Crippen LogP contribution < -0.4 is 19.9 Å². The van der Waals surface area contributed by atoms with E-state index in [9.17, 15) is 23.5 Å². The number of benzene rings is 2. The summed E-state index contributed by atoms with van der Waals surface area (Å²) in [5.41, 5.74) is -0.964. The van der Waals surface area contributed by atoms with Crippen molar-refractivity contribution in [2.24, 2.45) is 0 Å². The second-order valence-electron chi connectivity index (χ2n) is 7.18. The van der Waals surface area contributed by atoms with Crippen LogP contribution in [-0.2, 0) is 6.61 Å². The molecular formula is C22H17ClF2N4O6. The minimum absolute atomic E-state index is 0.00193. The van der Waals surface area contributed by atoms with Crippen molar-refractivity contribution in [2.45, 2.75) is 13.5 Å². The van der Waals surface area contributed by atoms with Gasteiger partial charge in [0.1, 0.15) is 35.0 Å². The largest absolute Gasteiger partial charge is 0.496 e. The third kappa shape index (κ3) is 4.23. The number of rotatable bonds is 7. The van der Waals surface area contributed by atoms with E-state index in [2.05, 4.69) is 15.0 Å². The van der Waals surface area contributed by atoms with Crippen LogP contribution in [0.1, 0.15) is 21.7 Å². The van der Waals surface area contributed by atoms with Crippen LogP contribution in [-0.4, -0.2) is 44.8 Å². The summed E-state index contributed by atoms with van der Waals surface area (Å²) in [6.07, 6.45) is 0. The molecule has 0 atom stereocenters. The van der Waals surface area contributed by atoms with Gasteiger partial charge in [-0.2, -0.15) is 4.98 Å². The fraction of sp³-hybridized carbons (Fsp3) is 0.182. The van der Waals surface area contributed by atoms with Gasteiger partial charge in [-0.05, 0) is 25.1 Å². The summed E-state index contributed by atoms with van der Waals surface area (Å²) in [5.74, 6) is -3.58. The summed E-state index contributed by atoms with van der Waals surface area (Å²) in [6.45, 7) is 1.01. The van der Waals surface area contributed by atoms with Crippen LogP contribution in [0, 0.1) is 18.6 Å². The number of nitrogens with one attached hydrogen (secondary N) is 1. The molecule has 0 aliphatic carbocycles.